The number of hydrogen-bond acceptors (Lipinski definition) is 3. The second-order valence-electron chi connectivity index (χ2n) is 15.1. The molecule has 3 rings (SSSR count). The van der Waals surface area contributed by atoms with Crippen LogP contribution in [0, 0.1) is 40.4 Å². The molecule has 0 radical (unpaired) electrons. The number of hydrogen-bond donors (Lipinski definition) is 2. The van der Waals surface area contributed by atoms with Crippen molar-refractivity contribution < 1.29 is 14.9 Å². The lowest BCUT2D eigenvalue weighted by Gasteiger charge is -2.39. The van der Waals surface area contributed by atoms with E-state index < -0.39 is 0 Å². The Morgan fingerprint density at radius 3 is 2.33 bits per heavy atom. The summed E-state index contributed by atoms with van der Waals surface area (Å²) in [6.45, 7) is 21.7. The van der Waals surface area contributed by atoms with Gasteiger partial charge >= 0.3 is 0 Å². The lowest BCUT2D eigenvalue weighted by Crippen LogP contribution is -2.46. The minimum absolute atomic E-state index is 0.0659. The fourth-order valence-electron chi connectivity index (χ4n) is 7.21. The van der Waals surface area contributed by atoms with Gasteiger partial charge in [-0.3, -0.25) is 0 Å². The Labute approximate surface area is 263 Å². The van der Waals surface area contributed by atoms with Gasteiger partial charge in [-0.25, -0.2) is 0 Å². The summed E-state index contributed by atoms with van der Waals surface area (Å²) < 4.78 is 6.27. The van der Waals surface area contributed by atoms with Gasteiger partial charge in [0, 0.05) is 28.7 Å². The van der Waals surface area contributed by atoms with E-state index in [0.717, 1.165) is 25.7 Å². The lowest BCUT2D eigenvalue weighted by molar-refractivity contribution is 0.0514. The standard InChI is InChI=1S/C40H58O3/c1-29(17-13-19-31(3)21-22-36-33(5)25-34(41)26-37(36,6)7)15-11-12-16-30(2)18-14-20-32(4)23-24-40-38(8,9)27-35(42)28-39(40,10)43-40/h11-17,19-20,23-24,30-32,34-35,41-42H,18,25-28H2,1-10H3/b15-11+,16-12+,19-13+,20-14+,24-23+,29-17+/t30?,31?,32?,34-,35+,39-,40+/m1/s1. The van der Waals surface area contributed by atoms with Crippen LogP contribution in [0.4, 0.5) is 0 Å². The third-order valence-electron chi connectivity index (χ3n) is 9.57. The number of aliphatic hydroxyl groups is 2. The van der Waals surface area contributed by atoms with Crippen LogP contribution in [0.5, 0.6) is 0 Å². The molecule has 3 aliphatic rings. The van der Waals surface area contributed by atoms with Crippen molar-refractivity contribution in [3.63, 3.8) is 0 Å². The van der Waals surface area contributed by atoms with Crippen molar-refractivity contribution in [3.05, 3.63) is 83.6 Å². The summed E-state index contributed by atoms with van der Waals surface area (Å²) in [5.41, 5.74) is 2.97. The van der Waals surface area contributed by atoms with Gasteiger partial charge in [0.2, 0.25) is 0 Å². The molecule has 0 aromatic heterocycles. The molecule has 0 spiro atoms. The number of aliphatic hydroxyl groups excluding tert-OH is 2. The van der Waals surface area contributed by atoms with E-state index in [1.807, 2.05) is 0 Å². The lowest BCUT2D eigenvalue weighted by atomic mass is 9.63. The molecule has 0 aromatic rings. The second kappa shape index (κ2) is 14.2. The molecule has 3 nitrogen and oxygen atoms in total. The Balaban J connectivity index is 1.42. The van der Waals surface area contributed by atoms with Crippen molar-refractivity contribution in [2.75, 3.05) is 0 Å². The van der Waals surface area contributed by atoms with Gasteiger partial charge in [-0.2, -0.15) is 0 Å². The van der Waals surface area contributed by atoms with Gasteiger partial charge in [0.25, 0.3) is 0 Å². The first-order valence-electron chi connectivity index (χ1n) is 16.3. The molecule has 0 aromatic carbocycles. The highest BCUT2D eigenvalue weighted by atomic mass is 16.6. The van der Waals surface area contributed by atoms with Crippen molar-refractivity contribution in [1.29, 1.82) is 0 Å². The van der Waals surface area contributed by atoms with Crippen molar-refractivity contribution in [1.82, 2.24) is 0 Å². The van der Waals surface area contributed by atoms with Crippen LogP contribution in [0.2, 0.25) is 0 Å². The molecule has 3 unspecified atom stereocenters. The van der Waals surface area contributed by atoms with Gasteiger partial charge in [0.1, 0.15) is 11.2 Å². The number of fused-ring (bicyclic) bond motifs is 1. The fraction of sp³-hybridized carbons (Fsp3) is 0.600. The molecule has 1 heterocycles. The Morgan fingerprint density at radius 1 is 0.930 bits per heavy atom. The fourth-order valence-corrected chi connectivity index (χ4v) is 7.21. The topological polar surface area (TPSA) is 53.0 Å². The summed E-state index contributed by atoms with van der Waals surface area (Å²) in [5, 5.41) is 20.4. The van der Waals surface area contributed by atoms with E-state index in [4.69, 9.17) is 4.74 Å². The molecule has 0 amide bonds. The molecule has 43 heavy (non-hydrogen) atoms. The monoisotopic (exact) mass is 586 g/mol. The van der Waals surface area contributed by atoms with Gasteiger partial charge in [-0.15, -0.1) is 0 Å². The van der Waals surface area contributed by atoms with E-state index in [0.29, 0.717) is 18.3 Å². The van der Waals surface area contributed by atoms with Crippen LogP contribution in [0.3, 0.4) is 0 Å². The highest BCUT2D eigenvalue weighted by Crippen LogP contribution is 2.66. The Hall–Kier alpha value is -2.38. The third-order valence-corrected chi connectivity index (χ3v) is 9.57. The molecular formula is C40H58O3. The van der Waals surface area contributed by atoms with Crippen molar-refractivity contribution >= 4 is 0 Å². The molecular weight excluding hydrogens is 528 g/mol. The largest absolute Gasteiger partial charge is 0.393 e. The van der Waals surface area contributed by atoms with Crippen LogP contribution in [0.25, 0.3) is 0 Å². The molecule has 2 aliphatic carbocycles. The third kappa shape index (κ3) is 9.07. The second-order valence-corrected chi connectivity index (χ2v) is 15.1. The smallest absolute Gasteiger partial charge is 0.121 e. The maximum Gasteiger partial charge on any atom is 0.121 e. The minimum Gasteiger partial charge on any atom is -0.393 e. The highest BCUT2D eigenvalue weighted by molar-refractivity contribution is 5.41. The number of allylic oxidation sites excluding steroid dienone is 12. The first kappa shape index (κ1) is 35.1. The van der Waals surface area contributed by atoms with E-state index in [-0.39, 0.29) is 40.2 Å². The summed E-state index contributed by atoms with van der Waals surface area (Å²) >= 11 is 0. The molecule has 1 aliphatic heterocycles. The Morgan fingerprint density at radius 2 is 1.65 bits per heavy atom. The van der Waals surface area contributed by atoms with Crippen molar-refractivity contribution in [3.8, 4) is 11.8 Å². The minimum atomic E-state index is -0.276. The maximum atomic E-state index is 10.3. The number of ether oxygens (including phenoxy) is 1. The van der Waals surface area contributed by atoms with Crippen molar-refractivity contribution in [2.24, 2.45) is 28.6 Å². The van der Waals surface area contributed by atoms with E-state index in [2.05, 4.69) is 148 Å². The first-order chi connectivity index (χ1) is 20.0. The highest BCUT2D eigenvalue weighted by Gasteiger charge is 2.74. The average Bonchev–Trinajstić information content (AvgIpc) is 3.49. The van der Waals surface area contributed by atoms with Gasteiger partial charge in [0.15, 0.2) is 0 Å². The van der Waals surface area contributed by atoms with E-state index in [1.165, 1.54) is 16.7 Å². The van der Waals surface area contributed by atoms with Gasteiger partial charge in [0.05, 0.1) is 12.2 Å². The van der Waals surface area contributed by atoms with Gasteiger partial charge < -0.3 is 14.9 Å². The molecule has 3 heteroatoms. The van der Waals surface area contributed by atoms with Crippen LogP contribution in [0.1, 0.15) is 101 Å². The van der Waals surface area contributed by atoms with Gasteiger partial charge in [-0.05, 0) is 65.2 Å². The first-order valence-corrected chi connectivity index (χ1v) is 16.3. The maximum absolute atomic E-state index is 10.3. The molecule has 2 fully saturated rings. The molecule has 236 valence electrons. The van der Waals surface area contributed by atoms with Crippen LogP contribution in [-0.2, 0) is 4.74 Å². The molecule has 1 saturated carbocycles. The quantitative estimate of drug-likeness (QED) is 0.116. The zero-order valence-electron chi connectivity index (χ0n) is 28.6. The summed E-state index contributed by atoms with van der Waals surface area (Å²) in [4.78, 5) is 0. The predicted octanol–water partition coefficient (Wildman–Crippen LogP) is 9.22. The SMILES string of the molecule is CC1=C(C#CC(C)/C=C/C=C(C)/C=C/C=C/C(C)C/C=C/C(C)/C=C/[C@@]23O[C@]2(C)C[C@@H](O)CC3(C)C)C(C)(C)C[C@H](O)C1. The Kier molecular flexibility index (Phi) is 11.6. The van der Waals surface area contributed by atoms with E-state index in [9.17, 15) is 10.2 Å². The molecule has 7 atom stereocenters. The van der Waals surface area contributed by atoms with Gasteiger partial charge in [-0.1, -0.05) is 131 Å². The van der Waals surface area contributed by atoms with E-state index in [1.54, 1.807) is 0 Å². The predicted molar refractivity (Wildman–Crippen MR) is 182 cm³/mol. The number of epoxide rings is 1. The van der Waals surface area contributed by atoms with Crippen LogP contribution in [-0.4, -0.2) is 33.6 Å². The summed E-state index contributed by atoms with van der Waals surface area (Å²) in [6.07, 6.45) is 27.6. The molecule has 1 saturated heterocycles. The van der Waals surface area contributed by atoms with E-state index >= 15 is 0 Å². The Bertz CT molecular complexity index is 1260. The van der Waals surface area contributed by atoms with Crippen LogP contribution < -0.4 is 0 Å². The normalized spacial score (nSPS) is 32.9. The molecule has 0 bridgehead atoms. The zero-order valence-corrected chi connectivity index (χ0v) is 28.6. The molecule has 2 N–H and O–H groups in total. The van der Waals surface area contributed by atoms with Crippen LogP contribution >= 0.6 is 0 Å². The summed E-state index contributed by atoms with van der Waals surface area (Å²) in [5.74, 6) is 7.78. The van der Waals surface area contributed by atoms with Crippen LogP contribution in [0.15, 0.2) is 83.6 Å². The summed E-state index contributed by atoms with van der Waals surface area (Å²) in [6, 6.07) is 0. The average molecular weight is 587 g/mol. The van der Waals surface area contributed by atoms with Crippen molar-refractivity contribution in [2.45, 2.75) is 125 Å². The summed E-state index contributed by atoms with van der Waals surface area (Å²) in [7, 11) is 0. The number of rotatable bonds is 10. The zero-order chi connectivity index (χ0) is 32.1.